The lowest BCUT2D eigenvalue weighted by Gasteiger charge is -2.12. The van der Waals surface area contributed by atoms with Gasteiger partial charge in [-0.05, 0) is 12.8 Å². The van der Waals surface area contributed by atoms with E-state index in [1.807, 2.05) is 13.8 Å². The average molecular weight is 151 g/mol. The molecule has 1 atom stereocenters. The third kappa shape index (κ3) is 1.56. The SMILES string of the molecule is CCC1=CN=CC(CC)C1=O. The van der Waals surface area contributed by atoms with Gasteiger partial charge in [0.15, 0.2) is 5.78 Å². The van der Waals surface area contributed by atoms with Crippen LogP contribution in [0.15, 0.2) is 16.8 Å². The molecule has 1 aliphatic heterocycles. The summed E-state index contributed by atoms with van der Waals surface area (Å²) in [6.45, 7) is 3.99. The molecule has 2 nitrogen and oxygen atoms in total. The van der Waals surface area contributed by atoms with Crippen LogP contribution in [-0.2, 0) is 4.79 Å². The van der Waals surface area contributed by atoms with E-state index in [1.165, 1.54) is 0 Å². The number of carbonyl (C=O) groups is 1. The summed E-state index contributed by atoms with van der Waals surface area (Å²) in [6.07, 6.45) is 5.07. The standard InChI is InChI=1S/C9H13NO/c1-3-7-5-10-6-8(4-2)9(7)11/h5-7H,3-4H2,1-2H3. The van der Waals surface area contributed by atoms with Crippen molar-refractivity contribution in [2.75, 3.05) is 0 Å². The molecule has 0 radical (unpaired) electrons. The van der Waals surface area contributed by atoms with Gasteiger partial charge in [-0.1, -0.05) is 13.8 Å². The number of Topliss-reactive ketones (excluding diaryl/α,β-unsaturated/α-hetero) is 1. The van der Waals surface area contributed by atoms with Crippen LogP contribution in [0.5, 0.6) is 0 Å². The summed E-state index contributed by atoms with van der Waals surface area (Å²) in [5.74, 6) is 0.292. The number of aliphatic imine (C=N–C) groups is 1. The van der Waals surface area contributed by atoms with Gasteiger partial charge < -0.3 is 0 Å². The molecular weight excluding hydrogens is 138 g/mol. The third-order valence-corrected chi connectivity index (χ3v) is 1.97. The normalized spacial score (nSPS) is 23.6. The van der Waals surface area contributed by atoms with Gasteiger partial charge in [0.2, 0.25) is 0 Å². The Morgan fingerprint density at radius 2 is 2.27 bits per heavy atom. The summed E-state index contributed by atoms with van der Waals surface area (Å²) in [4.78, 5) is 15.5. The average Bonchev–Trinajstić information content (AvgIpc) is 2.05. The fraction of sp³-hybridized carbons (Fsp3) is 0.556. The summed E-state index contributed by atoms with van der Waals surface area (Å²) < 4.78 is 0. The van der Waals surface area contributed by atoms with Crippen molar-refractivity contribution in [2.45, 2.75) is 26.7 Å². The van der Waals surface area contributed by atoms with E-state index >= 15 is 0 Å². The van der Waals surface area contributed by atoms with Crippen LogP contribution in [0.3, 0.4) is 0 Å². The lowest BCUT2D eigenvalue weighted by Crippen LogP contribution is -2.19. The van der Waals surface area contributed by atoms with Crippen LogP contribution in [0, 0.1) is 5.92 Å². The van der Waals surface area contributed by atoms with Gasteiger partial charge in [0, 0.05) is 18.0 Å². The fourth-order valence-corrected chi connectivity index (χ4v) is 1.16. The van der Waals surface area contributed by atoms with E-state index in [9.17, 15) is 4.79 Å². The van der Waals surface area contributed by atoms with E-state index in [4.69, 9.17) is 0 Å². The quantitative estimate of drug-likeness (QED) is 0.593. The Bertz CT molecular complexity index is 216. The zero-order valence-electron chi connectivity index (χ0n) is 7.00. The second-order valence-electron chi connectivity index (χ2n) is 2.69. The molecule has 1 rings (SSSR count). The molecule has 0 amide bonds. The molecule has 0 bridgehead atoms. The number of rotatable bonds is 2. The van der Waals surface area contributed by atoms with Gasteiger partial charge in [-0.15, -0.1) is 0 Å². The lowest BCUT2D eigenvalue weighted by atomic mass is 9.94. The highest BCUT2D eigenvalue weighted by molar-refractivity contribution is 6.07. The van der Waals surface area contributed by atoms with E-state index in [1.54, 1.807) is 12.4 Å². The molecule has 1 unspecified atom stereocenters. The van der Waals surface area contributed by atoms with Crippen LogP contribution in [-0.4, -0.2) is 12.0 Å². The number of carbonyl (C=O) groups excluding carboxylic acids is 1. The summed E-state index contributed by atoms with van der Waals surface area (Å²) in [6, 6.07) is 0. The largest absolute Gasteiger partial charge is 0.294 e. The van der Waals surface area contributed by atoms with Crippen molar-refractivity contribution in [3.05, 3.63) is 11.8 Å². The zero-order valence-corrected chi connectivity index (χ0v) is 7.00. The van der Waals surface area contributed by atoms with Crippen molar-refractivity contribution >= 4 is 12.0 Å². The highest BCUT2D eigenvalue weighted by Crippen LogP contribution is 2.15. The summed E-state index contributed by atoms with van der Waals surface area (Å²) in [7, 11) is 0. The number of allylic oxidation sites excluding steroid dienone is 1. The zero-order chi connectivity index (χ0) is 8.27. The van der Waals surface area contributed by atoms with Gasteiger partial charge in [-0.3, -0.25) is 9.79 Å². The molecule has 0 aliphatic carbocycles. The topological polar surface area (TPSA) is 29.4 Å². The van der Waals surface area contributed by atoms with E-state index in [2.05, 4.69) is 4.99 Å². The van der Waals surface area contributed by atoms with Crippen molar-refractivity contribution in [3.63, 3.8) is 0 Å². The van der Waals surface area contributed by atoms with Crippen molar-refractivity contribution < 1.29 is 4.79 Å². The van der Waals surface area contributed by atoms with Gasteiger partial charge in [-0.25, -0.2) is 0 Å². The summed E-state index contributed by atoms with van der Waals surface area (Å²) >= 11 is 0. The van der Waals surface area contributed by atoms with E-state index in [0.29, 0.717) is 0 Å². The maximum atomic E-state index is 11.4. The number of nitrogens with zero attached hydrogens (tertiary/aromatic N) is 1. The molecule has 0 aromatic heterocycles. The van der Waals surface area contributed by atoms with Crippen LogP contribution in [0.25, 0.3) is 0 Å². The predicted octanol–water partition coefficient (Wildman–Crippen LogP) is 1.96. The van der Waals surface area contributed by atoms with Crippen LogP contribution in [0.2, 0.25) is 0 Å². The molecule has 1 aliphatic rings. The molecule has 0 fully saturated rings. The molecule has 0 N–H and O–H groups in total. The first-order chi connectivity index (χ1) is 5.29. The van der Waals surface area contributed by atoms with Crippen LogP contribution >= 0.6 is 0 Å². The Morgan fingerprint density at radius 3 is 2.82 bits per heavy atom. The Balaban J connectivity index is 2.77. The molecule has 0 saturated heterocycles. The Kier molecular flexibility index (Phi) is 2.58. The van der Waals surface area contributed by atoms with Gasteiger partial charge in [0.05, 0.1) is 5.92 Å². The third-order valence-electron chi connectivity index (χ3n) is 1.97. The van der Waals surface area contributed by atoms with E-state index in [0.717, 1.165) is 18.4 Å². The van der Waals surface area contributed by atoms with Gasteiger partial charge in [0.1, 0.15) is 0 Å². The second kappa shape index (κ2) is 3.46. The van der Waals surface area contributed by atoms with E-state index < -0.39 is 0 Å². The van der Waals surface area contributed by atoms with Crippen molar-refractivity contribution in [2.24, 2.45) is 10.9 Å². The first-order valence-corrected chi connectivity index (χ1v) is 4.06. The molecule has 0 aromatic carbocycles. The number of hydrogen-bond donors (Lipinski definition) is 0. The summed E-state index contributed by atoms with van der Waals surface area (Å²) in [5.41, 5.74) is 0.861. The van der Waals surface area contributed by atoms with Gasteiger partial charge >= 0.3 is 0 Å². The van der Waals surface area contributed by atoms with Crippen LogP contribution in [0.1, 0.15) is 26.7 Å². The Morgan fingerprint density at radius 1 is 1.55 bits per heavy atom. The highest BCUT2D eigenvalue weighted by atomic mass is 16.1. The first-order valence-electron chi connectivity index (χ1n) is 4.06. The second-order valence-corrected chi connectivity index (χ2v) is 2.69. The maximum absolute atomic E-state index is 11.4. The van der Waals surface area contributed by atoms with Crippen molar-refractivity contribution in [1.29, 1.82) is 0 Å². The summed E-state index contributed by atoms with van der Waals surface area (Å²) in [5, 5.41) is 0. The van der Waals surface area contributed by atoms with Crippen molar-refractivity contribution in [3.8, 4) is 0 Å². The highest BCUT2D eigenvalue weighted by Gasteiger charge is 2.19. The molecule has 11 heavy (non-hydrogen) atoms. The predicted molar refractivity (Wildman–Crippen MR) is 45.7 cm³/mol. The molecule has 0 saturated carbocycles. The number of hydrogen-bond acceptors (Lipinski definition) is 2. The Labute approximate surface area is 67.0 Å². The smallest absolute Gasteiger partial charge is 0.168 e. The molecule has 60 valence electrons. The van der Waals surface area contributed by atoms with Gasteiger partial charge in [-0.2, -0.15) is 0 Å². The van der Waals surface area contributed by atoms with Gasteiger partial charge in [0.25, 0.3) is 0 Å². The lowest BCUT2D eigenvalue weighted by molar-refractivity contribution is -0.117. The van der Waals surface area contributed by atoms with E-state index in [-0.39, 0.29) is 11.7 Å². The minimum absolute atomic E-state index is 0.0370. The molecule has 2 heteroatoms. The Hall–Kier alpha value is -0.920. The minimum atomic E-state index is 0.0370. The monoisotopic (exact) mass is 151 g/mol. The molecule has 1 heterocycles. The first kappa shape index (κ1) is 8.18. The molecule has 0 spiro atoms. The number of ketones is 1. The maximum Gasteiger partial charge on any atom is 0.168 e. The van der Waals surface area contributed by atoms with Crippen molar-refractivity contribution in [1.82, 2.24) is 0 Å². The molecule has 0 aromatic rings. The molecular formula is C9H13NO. The van der Waals surface area contributed by atoms with Crippen LogP contribution in [0.4, 0.5) is 0 Å². The minimum Gasteiger partial charge on any atom is -0.294 e. The fourth-order valence-electron chi connectivity index (χ4n) is 1.16. The van der Waals surface area contributed by atoms with Crippen LogP contribution < -0.4 is 0 Å².